The first-order valence-electron chi connectivity index (χ1n) is 8.58. The zero-order chi connectivity index (χ0) is 18.9. The summed E-state index contributed by atoms with van der Waals surface area (Å²) in [6.07, 6.45) is 5.07. The fourth-order valence-corrected chi connectivity index (χ4v) is 2.60. The van der Waals surface area contributed by atoms with Crippen LogP contribution in [0, 0.1) is 0 Å². The second-order valence-electron chi connectivity index (χ2n) is 6.28. The monoisotopic (exact) mass is 357 g/mol. The van der Waals surface area contributed by atoms with E-state index < -0.39 is 0 Å². The third-order valence-corrected chi connectivity index (χ3v) is 4.00. The van der Waals surface area contributed by atoms with E-state index in [1.54, 1.807) is 30.6 Å². The van der Waals surface area contributed by atoms with Crippen molar-refractivity contribution >= 4 is 17.9 Å². The van der Waals surface area contributed by atoms with Crippen molar-refractivity contribution in [2.24, 2.45) is 4.99 Å². The number of hydrogen-bond acceptors (Lipinski definition) is 5. The predicted octanol–water partition coefficient (Wildman–Crippen LogP) is 2.22. The van der Waals surface area contributed by atoms with Crippen LogP contribution in [0.3, 0.4) is 0 Å². The summed E-state index contributed by atoms with van der Waals surface area (Å²) in [4.78, 5) is 17.9. The van der Waals surface area contributed by atoms with Gasteiger partial charge in [0, 0.05) is 24.8 Å². The van der Waals surface area contributed by atoms with Gasteiger partial charge in [-0.25, -0.2) is 10.4 Å². The number of carbonyl (C=O) groups is 1. The van der Waals surface area contributed by atoms with Crippen molar-refractivity contribution in [1.29, 1.82) is 0 Å². The molecular weight excluding hydrogens is 330 g/mol. The van der Waals surface area contributed by atoms with E-state index in [-0.39, 0.29) is 11.8 Å². The Balaban J connectivity index is 1.81. The van der Waals surface area contributed by atoms with Gasteiger partial charge >= 0.3 is 0 Å². The van der Waals surface area contributed by atoms with Gasteiger partial charge in [-0.1, -0.05) is 12.6 Å². The number of nitrogens with one attached hydrogen (secondary N) is 2. The Morgan fingerprint density at radius 1 is 1.42 bits per heavy atom. The summed E-state index contributed by atoms with van der Waals surface area (Å²) in [5.41, 5.74) is 4.02. The molecule has 1 fully saturated rings. The third kappa shape index (κ3) is 6.70. The first kappa shape index (κ1) is 19.7. The van der Waals surface area contributed by atoms with Crippen LogP contribution < -0.4 is 15.5 Å². The molecule has 0 spiro atoms. The lowest BCUT2D eigenvalue weighted by molar-refractivity contribution is -0.111. The van der Waals surface area contributed by atoms with Gasteiger partial charge in [-0.2, -0.15) is 0 Å². The van der Waals surface area contributed by atoms with Gasteiger partial charge in [-0.15, -0.1) is 0 Å². The summed E-state index contributed by atoms with van der Waals surface area (Å²) in [5.74, 6) is 0.523. The van der Waals surface area contributed by atoms with Crippen molar-refractivity contribution < 1.29 is 9.53 Å². The van der Waals surface area contributed by atoms with Gasteiger partial charge < -0.3 is 20.0 Å². The largest absolute Gasteiger partial charge is 0.440 e. The van der Waals surface area contributed by atoms with E-state index in [0.29, 0.717) is 17.5 Å². The van der Waals surface area contributed by atoms with Crippen LogP contribution in [0.15, 0.2) is 54.4 Å². The predicted molar refractivity (Wildman–Crippen MR) is 105 cm³/mol. The van der Waals surface area contributed by atoms with Gasteiger partial charge in [0.25, 0.3) is 0 Å². The normalized spacial score (nSPS) is 15.6. The second-order valence-corrected chi connectivity index (χ2v) is 6.28. The Hall–Kier alpha value is -2.64. The molecule has 26 heavy (non-hydrogen) atoms. The number of hydrazine groups is 1. The molecular formula is C19H27N5O2. The lowest BCUT2D eigenvalue weighted by Crippen LogP contribution is -2.47. The first-order valence-corrected chi connectivity index (χ1v) is 8.58. The number of hydrogen-bond donors (Lipinski definition) is 2. The van der Waals surface area contributed by atoms with Gasteiger partial charge in [0.15, 0.2) is 0 Å². The highest BCUT2D eigenvalue weighted by Crippen LogP contribution is 2.19. The van der Waals surface area contributed by atoms with Gasteiger partial charge in [-0.05, 0) is 57.8 Å². The fourth-order valence-electron chi connectivity index (χ4n) is 2.60. The van der Waals surface area contributed by atoms with E-state index in [4.69, 9.17) is 4.74 Å². The summed E-state index contributed by atoms with van der Waals surface area (Å²) in [5, 5.41) is 4.50. The van der Waals surface area contributed by atoms with Crippen LogP contribution in [-0.4, -0.2) is 55.4 Å². The molecule has 0 aliphatic carbocycles. The lowest BCUT2D eigenvalue weighted by atomic mass is 10.1. The van der Waals surface area contributed by atoms with Gasteiger partial charge in [0.05, 0.1) is 0 Å². The molecule has 1 aliphatic heterocycles. The summed E-state index contributed by atoms with van der Waals surface area (Å²) in [6.45, 7) is 9.41. The zero-order valence-electron chi connectivity index (χ0n) is 15.4. The van der Waals surface area contributed by atoms with Crippen LogP contribution in [-0.2, 0) is 4.79 Å². The Labute approximate surface area is 155 Å². The molecule has 0 atom stereocenters. The van der Waals surface area contributed by atoms with E-state index in [1.807, 2.05) is 12.1 Å². The molecule has 0 bridgehead atoms. The number of aliphatic imine (C=N–C) groups is 1. The van der Waals surface area contributed by atoms with E-state index in [2.05, 4.69) is 40.8 Å². The number of benzene rings is 1. The van der Waals surface area contributed by atoms with Crippen molar-refractivity contribution in [2.75, 3.05) is 32.5 Å². The van der Waals surface area contributed by atoms with Crippen LogP contribution in [0.25, 0.3) is 0 Å². The Kier molecular flexibility index (Phi) is 7.37. The number of likely N-dealkylation sites (tertiary alicyclic amines) is 1. The van der Waals surface area contributed by atoms with E-state index >= 15 is 0 Å². The average molecular weight is 357 g/mol. The molecule has 1 aliphatic rings. The van der Waals surface area contributed by atoms with Crippen molar-refractivity contribution in [3.8, 4) is 5.75 Å². The molecule has 1 heterocycles. The summed E-state index contributed by atoms with van der Waals surface area (Å²) < 4.78 is 5.59. The molecule has 140 valence electrons. The van der Waals surface area contributed by atoms with Crippen molar-refractivity contribution in [1.82, 2.24) is 15.3 Å². The minimum atomic E-state index is -0.277. The van der Waals surface area contributed by atoms with Crippen LogP contribution in [0.1, 0.15) is 12.8 Å². The van der Waals surface area contributed by atoms with Gasteiger partial charge in [0.2, 0.25) is 11.8 Å². The van der Waals surface area contributed by atoms with Crippen molar-refractivity contribution in [2.45, 2.75) is 18.9 Å². The maximum absolute atomic E-state index is 11.3. The molecule has 7 nitrogen and oxygen atoms in total. The molecule has 0 saturated carbocycles. The highest BCUT2D eigenvalue weighted by molar-refractivity contribution is 5.98. The Morgan fingerprint density at radius 3 is 2.85 bits per heavy atom. The summed E-state index contributed by atoms with van der Waals surface area (Å²) >= 11 is 0. The average Bonchev–Trinajstić information content (AvgIpc) is 2.62. The number of ether oxygens (including phenoxy) is 1. The summed E-state index contributed by atoms with van der Waals surface area (Å²) in [6, 6.07) is 7.45. The standard InChI is InChI=1S/C19H27N5O2/c1-5-19(25)21-17-7-6-8-18(13-17)26-15(2)20-14-24(4)22-16-9-11-23(3)12-10-16/h5-8,13-14,16,22H,1-2,9-12H2,3-4H3,(H,21,25). The quantitative estimate of drug-likeness (QED) is 0.245. The fraction of sp³-hybridized carbons (Fsp3) is 0.368. The highest BCUT2D eigenvalue weighted by Gasteiger charge is 2.16. The van der Waals surface area contributed by atoms with E-state index in [0.717, 1.165) is 25.9 Å². The topological polar surface area (TPSA) is 69.2 Å². The maximum Gasteiger partial charge on any atom is 0.247 e. The number of carbonyl (C=O) groups excluding carboxylic acids is 1. The maximum atomic E-state index is 11.3. The third-order valence-electron chi connectivity index (χ3n) is 4.00. The Morgan fingerprint density at radius 2 is 2.15 bits per heavy atom. The number of amides is 1. The van der Waals surface area contributed by atoms with Crippen molar-refractivity contribution in [3.05, 3.63) is 49.4 Å². The molecule has 1 aromatic rings. The molecule has 0 unspecified atom stereocenters. The van der Waals surface area contributed by atoms with Crippen molar-refractivity contribution in [3.63, 3.8) is 0 Å². The molecule has 2 N–H and O–H groups in total. The number of anilines is 1. The zero-order valence-corrected chi connectivity index (χ0v) is 15.4. The minimum Gasteiger partial charge on any atom is -0.440 e. The van der Waals surface area contributed by atoms with Crippen LogP contribution in [0.4, 0.5) is 5.69 Å². The Bertz CT molecular complexity index is 666. The SMILES string of the molecule is C=CC(=O)Nc1cccc(OC(=C)N=CN(C)NC2CCN(C)CC2)c1. The number of nitrogens with zero attached hydrogens (tertiary/aromatic N) is 3. The highest BCUT2D eigenvalue weighted by atomic mass is 16.5. The van der Waals surface area contributed by atoms with Crippen LogP contribution in [0.5, 0.6) is 5.75 Å². The smallest absolute Gasteiger partial charge is 0.247 e. The molecule has 1 amide bonds. The molecule has 0 aromatic heterocycles. The van der Waals surface area contributed by atoms with Crippen LogP contribution >= 0.6 is 0 Å². The van der Waals surface area contributed by atoms with Crippen LogP contribution in [0.2, 0.25) is 0 Å². The van der Waals surface area contributed by atoms with E-state index in [9.17, 15) is 4.79 Å². The molecule has 7 heteroatoms. The van der Waals surface area contributed by atoms with E-state index in [1.165, 1.54) is 6.08 Å². The number of piperidine rings is 1. The van der Waals surface area contributed by atoms with Gasteiger partial charge in [-0.3, -0.25) is 4.79 Å². The van der Waals surface area contributed by atoms with Gasteiger partial charge in [0.1, 0.15) is 12.1 Å². The molecule has 0 radical (unpaired) electrons. The first-order chi connectivity index (χ1) is 12.5. The summed E-state index contributed by atoms with van der Waals surface area (Å²) in [7, 11) is 4.04. The molecule has 1 saturated heterocycles. The number of rotatable bonds is 8. The molecule has 2 rings (SSSR count). The minimum absolute atomic E-state index is 0.259. The second kappa shape index (κ2) is 9.74. The lowest BCUT2D eigenvalue weighted by Gasteiger charge is -2.31. The molecule has 1 aromatic carbocycles.